The summed E-state index contributed by atoms with van der Waals surface area (Å²) in [4.78, 5) is 56.3. The van der Waals surface area contributed by atoms with Crippen LogP contribution in [0.5, 0.6) is 0 Å². The number of carboxylic acids is 1. The first kappa shape index (κ1) is 44.0. The van der Waals surface area contributed by atoms with Gasteiger partial charge in [-0.2, -0.15) is 0 Å². The first-order valence-corrected chi connectivity index (χ1v) is 23.0. The van der Waals surface area contributed by atoms with Crippen molar-refractivity contribution in [2.75, 3.05) is 26.2 Å². The number of ether oxygens (including phenoxy) is 1. The summed E-state index contributed by atoms with van der Waals surface area (Å²) in [5, 5.41) is 22.4. The average Bonchev–Trinajstić information content (AvgIpc) is 3.71. The van der Waals surface area contributed by atoms with Crippen LogP contribution in [0, 0.1) is 56.2 Å². The van der Waals surface area contributed by atoms with Crippen LogP contribution in [0.4, 0.5) is 0 Å². The van der Waals surface area contributed by atoms with E-state index in [0.717, 1.165) is 69.9 Å². The minimum absolute atomic E-state index is 0.0196. The van der Waals surface area contributed by atoms with Crippen molar-refractivity contribution >= 4 is 23.6 Å². The van der Waals surface area contributed by atoms with E-state index in [0.29, 0.717) is 50.9 Å². The molecule has 59 heavy (non-hydrogen) atoms. The van der Waals surface area contributed by atoms with E-state index in [1.54, 1.807) is 13.8 Å². The molecule has 0 radical (unpaired) electrons. The Bertz CT molecular complexity index is 1840. The summed E-state index contributed by atoms with van der Waals surface area (Å²) in [6.45, 7) is 22.9. The van der Waals surface area contributed by atoms with Gasteiger partial charge < -0.3 is 19.8 Å². The number of esters is 1. The molecule has 5 fully saturated rings. The van der Waals surface area contributed by atoms with Gasteiger partial charge in [-0.1, -0.05) is 84.4 Å². The van der Waals surface area contributed by atoms with Gasteiger partial charge >= 0.3 is 11.9 Å². The number of benzene rings is 1. The predicted molar refractivity (Wildman–Crippen MR) is 229 cm³/mol. The number of aliphatic hydroxyl groups excluding tert-OH is 1. The molecule has 6 aliphatic rings. The Hall–Kier alpha value is -3.04. The van der Waals surface area contributed by atoms with Crippen molar-refractivity contribution in [1.82, 2.24) is 9.80 Å². The predicted octanol–water partition coefficient (Wildman–Crippen LogP) is 8.87. The fourth-order valence-electron chi connectivity index (χ4n) is 14.6. The lowest BCUT2D eigenvalue weighted by molar-refractivity contribution is -0.235. The van der Waals surface area contributed by atoms with Crippen molar-refractivity contribution in [2.45, 2.75) is 158 Å². The number of amides is 1. The van der Waals surface area contributed by atoms with E-state index < -0.39 is 28.9 Å². The summed E-state index contributed by atoms with van der Waals surface area (Å²) >= 11 is 0. The minimum atomic E-state index is -1.18. The lowest BCUT2D eigenvalue weighted by atomic mass is 9.33. The third-order valence-electron chi connectivity index (χ3n) is 18.0. The third-order valence-corrected chi connectivity index (χ3v) is 18.0. The molecule has 9 atom stereocenters. The number of carbonyl (C=O) groups excluding carboxylic acids is 3. The number of aliphatic carboxylic acids is 1. The van der Waals surface area contributed by atoms with E-state index in [-0.39, 0.29) is 57.7 Å². The molecule has 4 saturated carbocycles. The van der Waals surface area contributed by atoms with E-state index in [2.05, 4.69) is 77.6 Å². The number of likely N-dealkylation sites (tertiary alicyclic amines) is 1. The topological polar surface area (TPSA) is 124 Å². The second-order valence-corrected chi connectivity index (χ2v) is 22.3. The zero-order valence-electron chi connectivity index (χ0n) is 37.7. The van der Waals surface area contributed by atoms with Gasteiger partial charge in [-0.3, -0.25) is 24.1 Å². The van der Waals surface area contributed by atoms with Crippen LogP contribution in [0.25, 0.3) is 0 Å². The number of fused-ring (bicyclic) bond motifs is 7. The molecule has 1 heterocycles. The van der Waals surface area contributed by atoms with Crippen molar-refractivity contribution in [3.8, 4) is 0 Å². The molecule has 7 rings (SSSR count). The molecule has 5 aliphatic carbocycles. The van der Waals surface area contributed by atoms with Gasteiger partial charge in [-0.25, -0.2) is 0 Å². The zero-order valence-corrected chi connectivity index (χ0v) is 37.7. The maximum atomic E-state index is 14.4. The number of carboxylic acid groups (broad SMARTS) is 1. The van der Waals surface area contributed by atoms with E-state index in [4.69, 9.17) is 4.74 Å². The maximum absolute atomic E-state index is 14.4. The third kappa shape index (κ3) is 7.34. The Kier molecular flexibility index (Phi) is 11.7. The lowest BCUT2D eigenvalue weighted by Gasteiger charge is -2.72. The second kappa shape index (κ2) is 15.7. The molecule has 1 aromatic carbocycles. The van der Waals surface area contributed by atoms with Crippen LogP contribution < -0.4 is 0 Å². The summed E-state index contributed by atoms with van der Waals surface area (Å²) in [6.07, 6.45) is 8.43. The summed E-state index contributed by atoms with van der Waals surface area (Å²) in [6, 6.07) is 10.4. The number of allylic oxidation sites excluding steroid dienone is 1. The van der Waals surface area contributed by atoms with Crippen molar-refractivity contribution in [3.63, 3.8) is 0 Å². The highest BCUT2D eigenvalue weighted by molar-refractivity contribution is 6.00. The monoisotopic (exact) mass is 815 g/mol. The van der Waals surface area contributed by atoms with Crippen molar-refractivity contribution in [2.24, 2.45) is 56.2 Å². The molecule has 9 heteroatoms. The average molecular weight is 815 g/mol. The maximum Gasteiger partial charge on any atom is 0.309 e. The largest absolute Gasteiger partial charge is 0.481 e. The molecule has 0 spiro atoms. The first-order valence-electron chi connectivity index (χ1n) is 23.0. The first-order chi connectivity index (χ1) is 27.6. The number of rotatable bonds is 13. The number of hydrogen-bond acceptors (Lipinski definition) is 7. The van der Waals surface area contributed by atoms with Gasteiger partial charge in [-0.15, -0.1) is 0 Å². The highest BCUT2D eigenvalue weighted by Gasteiger charge is 2.71. The zero-order chi connectivity index (χ0) is 42.9. The molecule has 2 N–H and O–H groups in total. The normalized spacial score (nSPS) is 36.0. The van der Waals surface area contributed by atoms with Crippen molar-refractivity contribution in [3.05, 3.63) is 47.0 Å². The lowest BCUT2D eigenvalue weighted by Crippen LogP contribution is -2.66. The smallest absolute Gasteiger partial charge is 0.309 e. The van der Waals surface area contributed by atoms with Crippen LogP contribution in [0.2, 0.25) is 0 Å². The number of ketones is 1. The molecule has 0 bridgehead atoms. The highest BCUT2D eigenvalue weighted by atomic mass is 16.5. The molecule has 9 nitrogen and oxygen atoms in total. The second-order valence-electron chi connectivity index (χ2n) is 22.3. The van der Waals surface area contributed by atoms with Gasteiger partial charge in [0.05, 0.1) is 17.9 Å². The van der Waals surface area contributed by atoms with Crippen LogP contribution in [-0.2, 0) is 30.5 Å². The molecule has 1 aromatic rings. The SMILES string of the molecule is CC(C)C1=C2[C@H]3CCC4[C@@]5(C)CC[C@H](OC(=O)CC(C)(C)C(=O)O)C(C)(C)[C@@H]5CC[C@@]4(C)[C@]3(C)CC[C@@]2(C(O)CN(CCN2CCCC2=O)Cc2ccccc2)CC1=O. The van der Waals surface area contributed by atoms with Crippen LogP contribution in [0.3, 0.4) is 0 Å². The Morgan fingerprint density at radius 2 is 1.64 bits per heavy atom. The Morgan fingerprint density at radius 1 is 0.932 bits per heavy atom. The van der Waals surface area contributed by atoms with E-state index in [1.165, 1.54) is 11.1 Å². The molecule has 0 aromatic heterocycles. The number of nitrogens with zero attached hydrogens (tertiary/aromatic N) is 2. The summed E-state index contributed by atoms with van der Waals surface area (Å²) in [5.41, 5.74) is 1.41. The van der Waals surface area contributed by atoms with Gasteiger partial charge in [0.1, 0.15) is 6.10 Å². The van der Waals surface area contributed by atoms with Crippen molar-refractivity contribution < 1.29 is 34.1 Å². The fraction of sp³-hybridized carbons (Fsp3) is 0.760. The minimum Gasteiger partial charge on any atom is -0.481 e. The molecular formula is C50H74N2O7. The number of aliphatic hydroxyl groups is 1. The van der Waals surface area contributed by atoms with Crippen molar-refractivity contribution in [1.29, 1.82) is 0 Å². The van der Waals surface area contributed by atoms with E-state index >= 15 is 0 Å². The molecular weight excluding hydrogens is 741 g/mol. The quantitative estimate of drug-likeness (QED) is 0.189. The number of hydrogen-bond donors (Lipinski definition) is 2. The van der Waals surface area contributed by atoms with E-state index in [1.807, 2.05) is 11.0 Å². The van der Waals surface area contributed by atoms with Gasteiger partial charge in [-0.05, 0) is 123 Å². The molecule has 1 saturated heterocycles. The standard InChI is InChI=1S/C50H74N2O7/c1-32(2)42-35(53)28-50(38(54)31-51(30-33-14-11-10-12-15-33)26-27-52-25-13-16-40(52)55)24-23-48(8)34(43(42)50)17-18-37-47(7)21-20-39(59-41(56)29-45(3,4)44(57)58)46(5,6)36(47)19-22-49(37,48)9/h10-12,14-15,32,34,36-39,54H,13,16-31H2,1-9H3,(H,57,58)/t34-,36+,37?,38?,39+,47+,48-,49-,50+/m1/s1. The Labute approximate surface area is 354 Å². The highest BCUT2D eigenvalue weighted by Crippen LogP contribution is 2.77. The van der Waals surface area contributed by atoms with Gasteiger partial charge in [0.15, 0.2) is 5.78 Å². The Morgan fingerprint density at radius 3 is 2.29 bits per heavy atom. The molecule has 2 unspecified atom stereocenters. The summed E-state index contributed by atoms with van der Waals surface area (Å²) in [5.74, 6) is 0.118. The Balaban J connectivity index is 1.16. The summed E-state index contributed by atoms with van der Waals surface area (Å²) < 4.78 is 6.20. The fourth-order valence-corrected chi connectivity index (χ4v) is 14.6. The number of Topliss-reactive ketones (excluding diaryl/α,β-unsaturated/α-hetero) is 1. The number of carbonyl (C=O) groups is 4. The van der Waals surface area contributed by atoms with Gasteiger partial charge in [0, 0.05) is 56.4 Å². The van der Waals surface area contributed by atoms with Crippen LogP contribution in [0.1, 0.15) is 145 Å². The van der Waals surface area contributed by atoms with Crippen LogP contribution in [0.15, 0.2) is 41.5 Å². The van der Waals surface area contributed by atoms with Crippen LogP contribution in [-0.4, -0.2) is 82.0 Å². The van der Waals surface area contributed by atoms with Gasteiger partial charge in [0.25, 0.3) is 0 Å². The van der Waals surface area contributed by atoms with E-state index in [9.17, 15) is 29.4 Å². The molecule has 326 valence electrons. The molecule has 1 aliphatic heterocycles. The van der Waals surface area contributed by atoms with Gasteiger partial charge in [0.2, 0.25) is 5.91 Å². The molecule has 1 amide bonds. The van der Waals surface area contributed by atoms with Crippen LogP contribution >= 0.6 is 0 Å². The summed E-state index contributed by atoms with van der Waals surface area (Å²) in [7, 11) is 0.